The van der Waals surface area contributed by atoms with Crippen LogP contribution in [0.3, 0.4) is 0 Å². The maximum Gasteiger partial charge on any atom is 0.196 e. The zero-order valence-electron chi connectivity index (χ0n) is 9.53. The summed E-state index contributed by atoms with van der Waals surface area (Å²) >= 11 is 0. The molecule has 2 aliphatic rings. The van der Waals surface area contributed by atoms with E-state index in [0.29, 0.717) is 0 Å². The molecule has 1 heterocycles. The average Bonchev–Trinajstić information content (AvgIpc) is 2.48. The highest BCUT2D eigenvalue weighted by Gasteiger charge is 2.28. The molecule has 14 heavy (non-hydrogen) atoms. The summed E-state index contributed by atoms with van der Waals surface area (Å²) in [4.78, 5) is 9.09. The molecule has 0 saturated heterocycles. The van der Waals surface area contributed by atoms with Crippen molar-refractivity contribution in [3.05, 3.63) is 0 Å². The number of hydrogen-bond donors (Lipinski definition) is 0. The zero-order chi connectivity index (χ0) is 10.1. The molecule has 1 aliphatic heterocycles. The highest BCUT2D eigenvalue weighted by Crippen LogP contribution is 2.33. The van der Waals surface area contributed by atoms with Gasteiger partial charge in [0, 0.05) is 27.2 Å². The lowest BCUT2D eigenvalue weighted by Gasteiger charge is -2.37. The minimum atomic E-state index is 0.909. The Bertz CT molecular complexity index is 231. The monoisotopic (exact) mass is 195 g/mol. The molecule has 0 radical (unpaired) electrons. The van der Waals surface area contributed by atoms with Gasteiger partial charge in [0.05, 0.1) is 6.54 Å². The van der Waals surface area contributed by atoms with Crippen LogP contribution in [0.1, 0.15) is 19.8 Å². The molecule has 0 spiro atoms. The van der Waals surface area contributed by atoms with Crippen molar-refractivity contribution in [3.63, 3.8) is 0 Å². The summed E-state index contributed by atoms with van der Waals surface area (Å²) in [6.07, 6.45) is 2.81. The Balaban J connectivity index is 1.80. The third-order valence-corrected chi connectivity index (χ3v) is 3.37. The van der Waals surface area contributed by atoms with Crippen molar-refractivity contribution < 1.29 is 0 Å². The second-order valence-corrected chi connectivity index (χ2v) is 4.93. The minimum absolute atomic E-state index is 0.909. The zero-order valence-corrected chi connectivity index (χ0v) is 9.53. The summed E-state index contributed by atoms with van der Waals surface area (Å²) in [5.41, 5.74) is 0. The van der Waals surface area contributed by atoms with E-state index in [-0.39, 0.29) is 0 Å². The lowest BCUT2D eigenvalue weighted by Crippen LogP contribution is -2.42. The third-order valence-electron chi connectivity index (χ3n) is 3.37. The fourth-order valence-corrected chi connectivity index (χ4v) is 2.62. The lowest BCUT2D eigenvalue weighted by molar-refractivity contribution is 0.176. The quantitative estimate of drug-likeness (QED) is 0.660. The van der Waals surface area contributed by atoms with Crippen LogP contribution < -0.4 is 0 Å². The molecule has 1 aliphatic carbocycles. The molecule has 3 heteroatoms. The van der Waals surface area contributed by atoms with Crippen LogP contribution in [0.15, 0.2) is 4.99 Å². The molecule has 80 valence electrons. The van der Waals surface area contributed by atoms with Crippen LogP contribution >= 0.6 is 0 Å². The summed E-state index contributed by atoms with van der Waals surface area (Å²) in [7, 11) is 4.30. The number of rotatable bonds is 2. The Labute approximate surface area is 86.8 Å². The number of guanidine groups is 1. The van der Waals surface area contributed by atoms with Crippen molar-refractivity contribution in [1.82, 2.24) is 9.80 Å². The Morgan fingerprint density at radius 2 is 2.21 bits per heavy atom. The molecule has 0 aromatic carbocycles. The van der Waals surface area contributed by atoms with Crippen molar-refractivity contribution in [2.75, 3.05) is 33.7 Å². The molecular weight excluding hydrogens is 174 g/mol. The number of likely N-dealkylation sites (N-methyl/N-ethyl adjacent to an activating group) is 1. The van der Waals surface area contributed by atoms with Crippen LogP contribution in [0.5, 0.6) is 0 Å². The van der Waals surface area contributed by atoms with Crippen molar-refractivity contribution in [3.8, 4) is 0 Å². The van der Waals surface area contributed by atoms with E-state index in [1.807, 2.05) is 0 Å². The maximum absolute atomic E-state index is 4.52. The molecule has 0 unspecified atom stereocenters. The van der Waals surface area contributed by atoms with E-state index in [1.165, 1.54) is 25.3 Å². The van der Waals surface area contributed by atoms with Crippen molar-refractivity contribution in [2.45, 2.75) is 19.8 Å². The summed E-state index contributed by atoms with van der Waals surface area (Å²) in [5.74, 6) is 3.05. The molecule has 0 aromatic heterocycles. The number of aliphatic imine (C=N–C) groups is 1. The van der Waals surface area contributed by atoms with Crippen molar-refractivity contribution >= 4 is 5.96 Å². The molecule has 0 bridgehead atoms. The summed E-state index contributed by atoms with van der Waals surface area (Å²) in [5, 5.41) is 0. The summed E-state index contributed by atoms with van der Waals surface area (Å²) < 4.78 is 0. The first kappa shape index (κ1) is 9.81. The average molecular weight is 195 g/mol. The minimum Gasteiger partial charge on any atom is -0.346 e. The topological polar surface area (TPSA) is 18.8 Å². The predicted molar refractivity (Wildman–Crippen MR) is 59.5 cm³/mol. The normalized spacial score (nSPS) is 31.4. The Kier molecular flexibility index (Phi) is 2.66. The summed E-state index contributed by atoms with van der Waals surface area (Å²) in [6.45, 7) is 5.58. The van der Waals surface area contributed by atoms with Crippen LogP contribution in [0.25, 0.3) is 0 Å². The second-order valence-electron chi connectivity index (χ2n) is 4.93. The Hall–Kier alpha value is -0.730. The van der Waals surface area contributed by atoms with E-state index in [9.17, 15) is 0 Å². The van der Waals surface area contributed by atoms with Gasteiger partial charge in [-0.05, 0) is 24.7 Å². The van der Waals surface area contributed by atoms with Crippen LogP contribution in [0, 0.1) is 11.8 Å². The van der Waals surface area contributed by atoms with Gasteiger partial charge in [0.25, 0.3) is 0 Å². The molecule has 1 saturated carbocycles. The summed E-state index contributed by atoms with van der Waals surface area (Å²) in [6, 6.07) is 0. The largest absolute Gasteiger partial charge is 0.346 e. The van der Waals surface area contributed by atoms with E-state index < -0.39 is 0 Å². The first-order chi connectivity index (χ1) is 6.66. The molecule has 0 aromatic rings. The highest BCUT2D eigenvalue weighted by atomic mass is 15.4. The molecule has 1 fully saturated rings. The van der Waals surface area contributed by atoms with E-state index in [2.05, 4.69) is 35.8 Å². The van der Waals surface area contributed by atoms with Gasteiger partial charge in [-0.3, -0.25) is 4.99 Å². The molecule has 0 amide bonds. The maximum atomic E-state index is 4.52. The van der Waals surface area contributed by atoms with E-state index in [1.54, 1.807) is 0 Å². The molecule has 2 rings (SSSR count). The smallest absolute Gasteiger partial charge is 0.196 e. The highest BCUT2D eigenvalue weighted by molar-refractivity contribution is 5.81. The van der Waals surface area contributed by atoms with E-state index in [4.69, 9.17) is 0 Å². The standard InChI is InChI=1S/C11H21N3/c1-9-6-10(7-9)8-14(3)11-12-4-5-13(11)2/h9-10H,4-8H2,1-3H3. The first-order valence-corrected chi connectivity index (χ1v) is 5.63. The van der Waals surface area contributed by atoms with Crippen molar-refractivity contribution in [1.29, 1.82) is 0 Å². The SMILES string of the molecule is CC1CC(CN(C)C2=NCCN2C)C1. The Morgan fingerprint density at radius 3 is 2.71 bits per heavy atom. The lowest BCUT2D eigenvalue weighted by atomic mass is 9.76. The fraction of sp³-hybridized carbons (Fsp3) is 0.909. The van der Waals surface area contributed by atoms with Gasteiger partial charge in [-0.2, -0.15) is 0 Å². The van der Waals surface area contributed by atoms with Gasteiger partial charge >= 0.3 is 0 Å². The molecule has 0 atom stereocenters. The van der Waals surface area contributed by atoms with Gasteiger partial charge in [0.2, 0.25) is 0 Å². The number of nitrogens with zero attached hydrogens (tertiary/aromatic N) is 3. The van der Waals surface area contributed by atoms with Crippen LogP contribution in [0.2, 0.25) is 0 Å². The van der Waals surface area contributed by atoms with Gasteiger partial charge in [0.15, 0.2) is 5.96 Å². The van der Waals surface area contributed by atoms with Gasteiger partial charge < -0.3 is 9.80 Å². The number of hydrogen-bond acceptors (Lipinski definition) is 3. The van der Waals surface area contributed by atoms with Crippen LogP contribution in [-0.4, -0.2) is 49.5 Å². The van der Waals surface area contributed by atoms with Gasteiger partial charge in [-0.15, -0.1) is 0 Å². The van der Waals surface area contributed by atoms with Crippen LogP contribution in [0.4, 0.5) is 0 Å². The van der Waals surface area contributed by atoms with Gasteiger partial charge in [-0.25, -0.2) is 0 Å². The molecule has 0 N–H and O–H groups in total. The van der Waals surface area contributed by atoms with Gasteiger partial charge in [0.1, 0.15) is 0 Å². The predicted octanol–water partition coefficient (Wildman–Crippen LogP) is 1.27. The van der Waals surface area contributed by atoms with E-state index >= 15 is 0 Å². The first-order valence-electron chi connectivity index (χ1n) is 5.63. The molecule has 3 nitrogen and oxygen atoms in total. The van der Waals surface area contributed by atoms with Crippen molar-refractivity contribution in [2.24, 2.45) is 16.8 Å². The molecular formula is C11H21N3. The third kappa shape index (κ3) is 1.86. The van der Waals surface area contributed by atoms with Crippen LogP contribution in [-0.2, 0) is 0 Å². The van der Waals surface area contributed by atoms with E-state index in [0.717, 1.165) is 24.9 Å². The Morgan fingerprint density at radius 1 is 1.50 bits per heavy atom. The second kappa shape index (κ2) is 3.79. The van der Waals surface area contributed by atoms with Gasteiger partial charge in [-0.1, -0.05) is 6.92 Å². The fourth-order valence-electron chi connectivity index (χ4n) is 2.62.